The van der Waals surface area contributed by atoms with E-state index in [1.807, 2.05) is 0 Å². The maximum atomic E-state index is 4.19. The van der Waals surface area contributed by atoms with Crippen molar-refractivity contribution in [2.75, 3.05) is 6.54 Å². The number of aromatic nitrogens is 2. The van der Waals surface area contributed by atoms with Gasteiger partial charge >= 0.3 is 0 Å². The monoisotopic (exact) mass is 253 g/mol. The van der Waals surface area contributed by atoms with Gasteiger partial charge in [-0.25, -0.2) is 0 Å². The summed E-state index contributed by atoms with van der Waals surface area (Å²) in [6.07, 6.45) is 0. The van der Waals surface area contributed by atoms with Gasteiger partial charge in [0.25, 0.3) is 0 Å². The fraction of sp³-hybridized carbons (Fsp3) is 0.455. The molecule has 2 aromatic heterocycles. The molecule has 2 rings (SSSR count). The fourth-order valence-corrected chi connectivity index (χ4v) is 2.82. The highest BCUT2D eigenvalue weighted by molar-refractivity contribution is 7.15. The van der Waals surface area contributed by atoms with Gasteiger partial charge in [0.05, 0.1) is 0 Å². The molecular weight excluding hydrogens is 238 g/mol. The van der Waals surface area contributed by atoms with Crippen LogP contribution in [0.1, 0.15) is 18.9 Å². The zero-order chi connectivity index (χ0) is 11.4. The predicted molar refractivity (Wildman–Crippen MR) is 69.8 cm³/mol. The molecule has 0 fully saturated rings. The maximum Gasteiger partial charge on any atom is 0.148 e. The predicted octanol–water partition coefficient (Wildman–Crippen LogP) is 3.01. The van der Waals surface area contributed by atoms with Crippen LogP contribution in [0.25, 0.3) is 10.6 Å². The van der Waals surface area contributed by atoms with Crippen LogP contribution in [0.5, 0.6) is 0 Å². The Morgan fingerprint density at radius 3 is 2.94 bits per heavy atom. The van der Waals surface area contributed by atoms with Gasteiger partial charge in [-0.05, 0) is 23.9 Å². The summed E-state index contributed by atoms with van der Waals surface area (Å²) in [6, 6.07) is 2.08. The average Bonchev–Trinajstić information content (AvgIpc) is 2.85. The molecule has 3 nitrogen and oxygen atoms in total. The molecule has 1 N–H and O–H groups in total. The summed E-state index contributed by atoms with van der Waals surface area (Å²) in [5.41, 5.74) is 1.18. The van der Waals surface area contributed by atoms with Crippen molar-refractivity contribution in [3.63, 3.8) is 0 Å². The molecule has 0 aromatic carbocycles. The Morgan fingerprint density at radius 1 is 1.38 bits per heavy atom. The highest BCUT2D eigenvalue weighted by Gasteiger charge is 2.06. The molecule has 86 valence electrons. The molecule has 0 saturated carbocycles. The molecular formula is C11H15N3S2. The number of rotatable bonds is 5. The van der Waals surface area contributed by atoms with Crippen molar-refractivity contribution in [1.29, 1.82) is 0 Å². The van der Waals surface area contributed by atoms with Crippen LogP contribution in [0.15, 0.2) is 16.8 Å². The van der Waals surface area contributed by atoms with E-state index in [0.717, 1.165) is 23.1 Å². The van der Waals surface area contributed by atoms with E-state index < -0.39 is 0 Å². The van der Waals surface area contributed by atoms with Gasteiger partial charge in [-0.3, -0.25) is 0 Å². The van der Waals surface area contributed by atoms with E-state index in [9.17, 15) is 0 Å². The van der Waals surface area contributed by atoms with Crippen LogP contribution in [0, 0.1) is 5.92 Å². The Balaban J connectivity index is 1.93. The minimum Gasteiger partial charge on any atom is -0.310 e. The number of thiophene rings is 1. The summed E-state index contributed by atoms with van der Waals surface area (Å²) >= 11 is 3.35. The lowest BCUT2D eigenvalue weighted by molar-refractivity contribution is 0.550. The Kier molecular flexibility index (Phi) is 4.04. The minimum absolute atomic E-state index is 0.671. The standard InChI is InChI=1S/C11H15N3S2/c1-8(2)5-12-6-10-13-14-11(16-10)9-3-4-15-7-9/h3-4,7-8,12H,5-6H2,1-2H3. The molecule has 0 unspecified atom stereocenters. The lowest BCUT2D eigenvalue weighted by Crippen LogP contribution is -2.18. The first-order valence-corrected chi connectivity index (χ1v) is 7.07. The van der Waals surface area contributed by atoms with Crippen molar-refractivity contribution < 1.29 is 0 Å². The molecule has 16 heavy (non-hydrogen) atoms. The van der Waals surface area contributed by atoms with Crippen molar-refractivity contribution in [2.45, 2.75) is 20.4 Å². The van der Waals surface area contributed by atoms with Crippen molar-refractivity contribution in [3.8, 4) is 10.6 Å². The summed E-state index contributed by atoms with van der Waals surface area (Å²) in [5.74, 6) is 0.671. The molecule has 0 bridgehead atoms. The first-order chi connectivity index (χ1) is 7.75. The molecule has 5 heteroatoms. The first kappa shape index (κ1) is 11.7. The Morgan fingerprint density at radius 2 is 2.25 bits per heavy atom. The van der Waals surface area contributed by atoms with E-state index in [-0.39, 0.29) is 0 Å². The Bertz CT molecular complexity index is 420. The maximum absolute atomic E-state index is 4.19. The Hall–Kier alpha value is -0.780. The van der Waals surface area contributed by atoms with Gasteiger partial charge in [-0.1, -0.05) is 25.2 Å². The number of hydrogen-bond donors (Lipinski definition) is 1. The second-order valence-electron chi connectivity index (χ2n) is 4.04. The zero-order valence-electron chi connectivity index (χ0n) is 9.43. The third-order valence-electron chi connectivity index (χ3n) is 2.06. The van der Waals surface area contributed by atoms with Crippen LogP contribution in [0.2, 0.25) is 0 Å². The molecule has 0 spiro atoms. The SMILES string of the molecule is CC(C)CNCc1nnc(-c2ccsc2)s1. The highest BCUT2D eigenvalue weighted by atomic mass is 32.1. The normalized spacial score (nSPS) is 11.2. The summed E-state index contributed by atoms with van der Waals surface area (Å²) in [4.78, 5) is 0. The molecule has 0 saturated heterocycles. The van der Waals surface area contributed by atoms with Crippen LogP contribution in [-0.4, -0.2) is 16.7 Å². The van der Waals surface area contributed by atoms with E-state index in [2.05, 4.69) is 46.2 Å². The lowest BCUT2D eigenvalue weighted by Gasteiger charge is -2.03. The largest absolute Gasteiger partial charge is 0.310 e. The lowest BCUT2D eigenvalue weighted by atomic mass is 10.2. The number of hydrogen-bond acceptors (Lipinski definition) is 5. The number of nitrogens with zero attached hydrogens (tertiary/aromatic N) is 2. The van der Waals surface area contributed by atoms with Gasteiger partial charge in [-0.15, -0.1) is 10.2 Å². The van der Waals surface area contributed by atoms with Crippen molar-refractivity contribution in [3.05, 3.63) is 21.8 Å². The molecule has 0 aliphatic carbocycles. The summed E-state index contributed by atoms with van der Waals surface area (Å²) in [6.45, 7) is 6.24. The van der Waals surface area contributed by atoms with Crippen LogP contribution in [0.3, 0.4) is 0 Å². The van der Waals surface area contributed by atoms with E-state index >= 15 is 0 Å². The molecule has 2 aromatic rings. The molecule has 0 radical (unpaired) electrons. The second-order valence-corrected chi connectivity index (χ2v) is 5.88. The van der Waals surface area contributed by atoms with Crippen molar-refractivity contribution in [2.24, 2.45) is 5.92 Å². The van der Waals surface area contributed by atoms with E-state index in [4.69, 9.17) is 0 Å². The summed E-state index contributed by atoms with van der Waals surface area (Å²) in [5, 5.41) is 18.0. The Labute approximate surface area is 104 Å². The quantitative estimate of drug-likeness (QED) is 0.890. The fourth-order valence-electron chi connectivity index (χ4n) is 1.30. The summed E-state index contributed by atoms with van der Waals surface area (Å²) in [7, 11) is 0. The van der Waals surface area contributed by atoms with Gasteiger partial charge in [0.15, 0.2) is 0 Å². The minimum atomic E-state index is 0.671. The third-order valence-corrected chi connectivity index (χ3v) is 3.72. The molecule has 0 atom stereocenters. The van der Waals surface area contributed by atoms with Crippen LogP contribution >= 0.6 is 22.7 Å². The molecule has 2 heterocycles. The van der Waals surface area contributed by atoms with Crippen molar-refractivity contribution in [1.82, 2.24) is 15.5 Å². The van der Waals surface area contributed by atoms with Crippen molar-refractivity contribution >= 4 is 22.7 Å². The van der Waals surface area contributed by atoms with Gasteiger partial charge in [0.1, 0.15) is 10.0 Å². The molecule has 0 aliphatic rings. The molecule has 0 aliphatic heterocycles. The van der Waals surface area contributed by atoms with E-state index in [1.54, 1.807) is 22.7 Å². The summed E-state index contributed by atoms with van der Waals surface area (Å²) < 4.78 is 0. The zero-order valence-corrected chi connectivity index (χ0v) is 11.1. The van der Waals surface area contributed by atoms with Crippen LogP contribution in [0.4, 0.5) is 0 Å². The van der Waals surface area contributed by atoms with E-state index in [1.165, 1.54) is 5.56 Å². The van der Waals surface area contributed by atoms with Gasteiger partial charge in [0, 0.05) is 17.5 Å². The van der Waals surface area contributed by atoms with Gasteiger partial charge in [0.2, 0.25) is 0 Å². The van der Waals surface area contributed by atoms with E-state index in [0.29, 0.717) is 5.92 Å². The van der Waals surface area contributed by atoms with Crippen LogP contribution in [-0.2, 0) is 6.54 Å². The van der Waals surface area contributed by atoms with Gasteiger partial charge in [-0.2, -0.15) is 11.3 Å². The average molecular weight is 253 g/mol. The smallest absolute Gasteiger partial charge is 0.148 e. The first-order valence-electron chi connectivity index (χ1n) is 5.31. The number of nitrogens with one attached hydrogen (secondary N) is 1. The topological polar surface area (TPSA) is 37.8 Å². The second kappa shape index (κ2) is 5.52. The van der Waals surface area contributed by atoms with Crippen LogP contribution < -0.4 is 5.32 Å². The molecule has 0 amide bonds. The highest BCUT2D eigenvalue weighted by Crippen LogP contribution is 2.25. The van der Waals surface area contributed by atoms with Gasteiger partial charge < -0.3 is 5.32 Å². The third kappa shape index (κ3) is 3.10.